The van der Waals surface area contributed by atoms with E-state index in [0.29, 0.717) is 26.1 Å². The van der Waals surface area contributed by atoms with Gasteiger partial charge in [-0.15, -0.1) is 0 Å². The summed E-state index contributed by atoms with van der Waals surface area (Å²) in [5, 5.41) is 0. The smallest absolute Gasteiger partial charge is 0.222 e. The molecule has 1 aromatic rings. The summed E-state index contributed by atoms with van der Waals surface area (Å²) in [7, 11) is 0. The van der Waals surface area contributed by atoms with E-state index < -0.39 is 0 Å². The van der Waals surface area contributed by atoms with E-state index >= 15 is 0 Å². The van der Waals surface area contributed by atoms with Crippen LogP contribution >= 0.6 is 0 Å². The Kier molecular flexibility index (Phi) is 6.33. The lowest BCUT2D eigenvalue weighted by molar-refractivity contribution is -0.131. The van der Waals surface area contributed by atoms with Crippen molar-refractivity contribution in [2.24, 2.45) is 5.73 Å². The molecule has 2 N–H and O–H groups in total. The zero-order chi connectivity index (χ0) is 12.5. The number of carbonyl (C=O) groups excluding carboxylic acids is 1. The van der Waals surface area contributed by atoms with Crippen molar-refractivity contribution >= 4 is 5.91 Å². The minimum atomic E-state index is 0.209. The molecule has 3 heteroatoms. The average Bonchev–Trinajstić information content (AvgIpc) is 2.36. The lowest BCUT2D eigenvalue weighted by Gasteiger charge is -2.22. The second kappa shape index (κ2) is 7.85. The molecule has 0 aliphatic rings. The average molecular weight is 234 g/mol. The molecule has 0 bridgehead atoms. The van der Waals surface area contributed by atoms with Gasteiger partial charge in [0.05, 0.1) is 0 Å². The quantitative estimate of drug-likeness (QED) is 0.786. The van der Waals surface area contributed by atoms with E-state index in [1.807, 2.05) is 35.2 Å². The fourth-order valence-corrected chi connectivity index (χ4v) is 1.74. The molecule has 0 radical (unpaired) electrons. The van der Waals surface area contributed by atoms with Crippen LogP contribution in [0.15, 0.2) is 30.3 Å². The molecule has 0 atom stereocenters. The molecule has 94 valence electrons. The van der Waals surface area contributed by atoms with Crippen LogP contribution in [0.1, 0.15) is 31.7 Å². The Morgan fingerprint density at radius 2 is 2.00 bits per heavy atom. The molecule has 0 fully saturated rings. The van der Waals surface area contributed by atoms with Crippen LogP contribution in [-0.4, -0.2) is 23.9 Å². The van der Waals surface area contributed by atoms with Crippen LogP contribution in [0, 0.1) is 0 Å². The number of rotatable bonds is 7. The van der Waals surface area contributed by atoms with Gasteiger partial charge in [0.2, 0.25) is 5.91 Å². The molecule has 0 saturated carbocycles. The van der Waals surface area contributed by atoms with Gasteiger partial charge in [-0.3, -0.25) is 4.79 Å². The third kappa shape index (κ3) is 5.00. The van der Waals surface area contributed by atoms with Crippen molar-refractivity contribution in [1.29, 1.82) is 0 Å². The molecule has 0 aliphatic carbocycles. The number of unbranched alkanes of at least 4 members (excludes halogenated alkanes) is 1. The summed E-state index contributed by atoms with van der Waals surface area (Å²) in [6.07, 6.45) is 2.63. The van der Waals surface area contributed by atoms with Gasteiger partial charge in [-0.2, -0.15) is 0 Å². The SMILES string of the molecule is CCCCC(=O)N(CCN)Cc1ccccc1. The second-order valence-corrected chi connectivity index (χ2v) is 4.19. The number of nitrogens with two attached hydrogens (primary N) is 1. The van der Waals surface area contributed by atoms with Crippen molar-refractivity contribution in [2.45, 2.75) is 32.7 Å². The van der Waals surface area contributed by atoms with E-state index in [0.717, 1.165) is 18.4 Å². The van der Waals surface area contributed by atoms with Crippen molar-refractivity contribution < 1.29 is 4.79 Å². The fourth-order valence-electron chi connectivity index (χ4n) is 1.74. The molecule has 0 aromatic heterocycles. The number of amides is 1. The maximum atomic E-state index is 12.0. The van der Waals surface area contributed by atoms with Crippen molar-refractivity contribution in [1.82, 2.24) is 4.90 Å². The van der Waals surface area contributed by atoms with E-state index in [2.05, 4.69) is 6.92 Å². The zero-order valence-corrected chi connectivity index (χ0v) is 10.6. The van der Waals surface area contributed by atoms with E-state index in [4.69, 9.17) is 5.73 Å². The highest BCUT2D eigenvalue weighted by Gasteiger charge is 2.12. The molecule has 0 heterocycles. The summed E-state index contributed by atoms with van der Waals surface area (Å²) in [5.41, 5.74) is 6.71. The Hall–Kier alpha value is -1.35. The summed E-state index contributed by atoms with van der Waals surface area (Å²) >= 11 is 0. The zero-order valence-electron chi connectivity index (χ0n) is 10.6. The highest BCUT2D eigenvalue weighted by molar-refractivity contribution is 5.76. The monoisotopic (exact) mass is 234 g/mol. The van der Waals surface area contributed by atoms with E-state index in [9.17, 15) is 4.79 Å². The maximum absolute atomic E-state index is 12.0. The van der Waals surface area contributed by atoms with E-state index in [-0.39, 0.29) is 5.91 Å². The maximum Gasteiger partial charge on any atom is 0.222 e. The Morgan fingerprint density at radius 1 is 1.29 bits per heavy atom. The van der Waals surface area contributed by atoms with Crippen LogP contribution in [0.5, 0.6) is 0 Å². The predicted octanol–water partition coefficient (Wildman–Crippen LogP) is 2.16. The van der Waals surface area contributed by atoms with Crippen molar-refractivity contribution in [3.63, 3.8) is 0 Å². The molecule has 1 rings (SSSR count). The first-order valence-corrected chi connectivity index (χ1v) is 6.29. The van der Waals surface area contributed by atoms with Crippen LogP contribution in [0.2, 0.25) is 0 Å². The molecule has 0 aliphatic heterocycles. The van der Waals surface area contributed by atoms with E-state index in [1.54, 1.807) is 0 Å². The lowest BCUT2D eigenvalue weighted by Crippen LogP contribution is -2.34. The van der Waals surface area contributed by atoms with Crippen LogP contribution < -0.4 is 5.73 Å². The highest BCUT2D eigenvalue weighted by atomic mass is 16.2. The van der Waals surface area contributed by atoms with Crippen molar-refractivity contribution in [3.8, 4) is 0 Å². The van der Waals surface area contributed by atoms with Gasteiger partial charge >= 0.3 is 0 Å². The topological polar surface area (TPSA) is 46.3 Å². The van der Waals surface area contributed by atoms with Crippen LogP contribution in [0.4, 0.5) is 0 Å². The minimum absolute atomic E-state index is 0.209. The lowest BCUT2D eigenvalue weighted by atomic mass is 10.2. The summed E-state index contributed by atoms with van der Waals surface area (Å²) in [6.45, 7) is 3.92. The Bertz CT molecular complexity index is 324. The number of hydrogen-bond donors (Lipinski definition) is 1. The van der Waals surface area contributed by atoms with Gasteiger partial charge in [0, 0.05) is 26.1 Å². The molecule has 1 amide bonds. The molecular formula is C14H22N2O. The van der Waals surface area contributed by atoms with Gasteiger partial charge in [-0.05, 0) is 12.0 Å². The normalized spacial score (nSPS) is 10.2. The largest absolute Gasteiger partial charge is 0.337 e. The fraction of sp³-hybridized carbons (Fsp3) is 0.500. The van der Waals surface area contributed by atoms with Gasteiger partial charge in [0.15, 0.2) is 0 Å². The summed E-state index contributed by atoms with van der Waals surface area (Å²) in [6, 6.07) is 10.0. The third-order valence-electron chi connectivity index (χ3n) is 2.71. The first kappa shape index (κ1) is 13.7. The van der Waals surface area contributed by atoms with Crippen molar-refractivity contribution in [3.05, 3.63) is 35.9 Å². The van der Waals surface area contributed by atoms with Crippen molar-refractivity contribution in [2.75, 3.05) is 13.1 Å². The summed E-state index contributed by atoms with van der Waals surface area (Å²) in [5.74, 6) is 0.209. The van der Waals surface area contributed by atoms with E-state index in [1.165, 1.54) is 0 Å². The first-order chi connectivity index (χ1) is 8.27. The number of hydrogen-bond acceptors (Lipinski definition) is 2. The number of carbonyl (C=O) groups is 1. The number of nitrogens with zero attached hydrogens (tertiary/aromatic N) is 1. The molecule has 17 heavy (non-hydrogen) atoms. The Morgan fingerprint density at radius 3 is 2.59 bits per heavy atom. The Balaban J connectivity index is 2.56. The minimum Gasteiger partial charge on any atom is -0.337 e. The van der Waals surface area contributed by atoms with Gasteiger partial charge in [0.25, 0.3) is 0 Å². The van der Waals surface area contributed by atoms with Crippen LogP contribution in [0.25, 0.3) is 0 Å². The first-order valence-electron chi connectivity index (χ1n) is 6.29. The molecule has 3 nitrogen and oxygen atoms in total. The molecule has 0 unspecified atom stereocenters. The van der Waals surface area contributed by atoms with Gasteiger partial charge in [-0.1, -0.05) is 43.7 Å². The summed E-state index contributed by atoms with van der Waals surface area (Å²) < 4.78 is 0. The molecule has 0 saturated heterocycles. The van der Waals surface area contributed by atoms with Gasteiger partial charge in [-0.25, -0.2) is 0 Å². The molecular weight excluding hydrogens is 212 g/mol. The van der Waals surface area contributed by atoms with Crippen LogP contribution in [-0.2, 0) is 11.3 Å². The summed E-state index contributed by atoms with van der Waals surface area (Å²) in [4.78, 5) is 13.8. The molecule has 1 aromatic carbocycles. The third-order valence-corrected chi connectivity index (χ3v) is 2.71. The Labute approximate surface area is 104 Å². The predicted molar refractivity (Wildman–Crippen MR) is 70.4 cm³/mol. The molecule has 0 spiro atoms. The van der Waals surface area contributed by atoms with Gasteiger partial charge in [0.1, 0.15) is 0 Å². The number of benzene rings is 1. The second-order valence-electron chi connectivity index (χ2n) is 4.19. The van der Waals surface area contributed by atoms with Gasteiger partial charge < -0.3 is 10.6 Å². The standard InChI is InChI=1S/C14H22N2O/c1-2-3-9-14(17)16(11-10-15)12-13-7-5-4-6-8-13/h4-8H,2-3,9-12,15H2,1H3. The highest BCUT2D eigenvalue weighted by Crippen LogP contribution is 2.07. The van der Waals surface area contributed by atoms with Crippen LogP contribution in [0.3, 0.4) is 0 Å².